The van der Waals surface area contributed by atoms with E-state index in [0.29, 0.717) is 23.9 Å². The standard InChI is InChI=1S/C19H22ClNO3S/c1-14(24-16-6-2-5-15(20)11-16)19(22)21(12-17-7-3-9-23-17)13-18-8-4-10-25-18/h2,4-6,8,10-11,14,17H,3,7,9,12-13H2,1H3. The number of nitrogens with zero attached hydrogens (tertiary/aromatic N) is 1. The normalized spacial score (nSPS) is 18.1. The van der Waals surface area contributed by atoms with Gasteiger partial charge in [0, 0.05) is 23.1 Å². The van der Waals surface area contributed by atoms with E-state index in [1.807, 2.05) is 28.5 Å². The zero-order valence-corrected chi connectivity index (χ0v) is 15.8. The van der Waals surface area contributed by atoms with E-state index < -0.39 is 6.10 Å². The lowest BCUT2D eigenvalue weighted by Crippen LogP contribution is -2.43. The van der Waals surface area contributed by atoms with E-state index in [0.717, 1.165) is 24.3 Å². The molecule has 0 aliphatic carbocycles. The van der Waals surface area contributed by atoms with Gasteiger partial charge in [0.1, 0.15) is 5.75 Å². The summed E-state index contributed by atoms with van der Waals surface area (Å²) in [6.45, 7) is 3.74. The molecular formula is C19H22ClNO3S. The van der Waals surface area contributed by atoms with Gasteiger partial charge in [-0.25, -0.2) is 0 Å². The van der Waals surface area contributed by atoms with Gasteiger partial charge in [-0.2, -0.15) is 0 Å². The first kappa shape index (κ1) is 18.2. The Morgan fingerprint density at radius 2 is 2.32 bits per heavy atom. The van der Waals surface area contributed by atoms with Crippen LogP contribution < -0.4 is 4.74 Å². The molecule has 2 unspecified atom stereocenters. The summed E-state index contributed by atoms with van der Waals surface area (Å²) in [5.74, 6) is 0.561. The second-order valence-electron chi connectivity index (χ2n) is 6.15. The van der Waals surface area contributed by atoms with Gasteiger partial charge in [0.05, 0.1) is 12.6 Å². The average molecular weight is 380 g/mol. The lowest BCUT2D eigenvalue weighted by Gasteiger charge is -2.28. The molecule has 0 bridgehead atoms. The molecule has 0 N–H and O–H groups in total. The third-order valence-electron chi connectivity index (χ3n) is 4.14. The van der Waals surface area contributed by atoms with E-state index in [-0.39, 0.29) is 12.0 Å². The van der Waals surface area contributed by atoms with Crippen molar-refractivity contribution in [2.75, 3.05) is 13.2 Å². The Labute approximate surface area is 157 Å². The molecule has 1 saturated heterocycles. The van der Waals surface area contributed by atoms with Gasteiger partial charge >= 0.3 is 0 Å². The first-order chi connectivity index (χ1) is 12.1. The Morgan fingerprint density at radius 3 is 3.00 bits per heavy atom. The summed E-state index contributed by atoms with van der Waals surface area (Å²) >= 11 is 7.64. The smallest absolute Gasteiger partial charge is 0.263 e. The Kier molecular flexibility index (Phi) is 6.34. The van der Waals surface area contributed by atoms with E-state index in [1.54, 1.807) is 36.5 Å². The van der Waals surface area contributed by atoms with Gasteiger partial charge in [0.15, 0.2) is 6.10 Å². The molecule has 1 fully saturated rings. The van der Waals surface area contributed by atoms with Gasteiger partial charge in [0.2, 0.25) is 0 Å². The third-order valence-corrected chi connectivity index (χ3v) is 5.24. The summed E-state index contributed by atoms with van der Waals surface area (Å²) in [6, 6.07) is 11.2. The Morgan fingerprint density at radius 1 is 1.44 bits per heavy atom. The molecule has 1 amide bonds. The first-order valence-corrected chi connectivity index (χ1v) is 9.72. The molecular weight excluding hydrogens is 358 g/mol. The lowest BCUT2D eigenvalue weighted by atomic mass is 10.2. The van der Waals surface area contributed by atoms with Crippen molar-refractivity contribution < 1.29 is 14.3 Å². The molecule has 2 atom stereocenters. The molecule has 2 aromatic rings. The predicted molar refractivity (Wildman–Crippen MR) is 100 cm³/mol. The highest BCUT2D eigenvalue weighted by Crippen LogP contribution is 2.21. The number of ether oxygens (including phenoxy) is 2. The molecule has 6 heteroatoms. The molecule has 1 aliphatic rings. The number of halogens is 1. The van der Waals surface area contributed by atoms with Crippen LogP contribution in [0.4, 0.5) is 0 Å². The number of amides is 1. The minimum atomic E-state index is -0.583. The minimum Gasteiger partial charge on any atom is -0.481 e. The average Bonchev–Trinajstić information content (AvgIpc) is 3.27. The van der Waals surface area contributed by atoms with E-state index in [9.17, 15) is 4.79 Å². The van der Waals surface area contributed by atoms with Crippen molar-refractivity contribution in [3.05, 3.63) is 51.7 Å². The van der Waals surface area contributed by atoms with Gasteiger partial charge in [-0.3, -0.25) is 4.79 Å². The summed E-state index contributed by atoms with van der Waals surface area (Å²) in [6.07, 6.45) is 1.58. The number of carbonyl (C=O) groups is 1. The van der Waals surface area contributed by atoms with Crippen molar-refractivity contribution in [2.24, 2.45) is 0 Å². The van der Waals surface area contributed by atoms with Crippen molar-refractivity contribution in [1.29, 1.82) is 0 Å². The highest BCUT2D eigenvalue weighted by Gasteiger charge is 2.27. The molecule has 0 radical (unpaired) electrons. The van der Waals surface area contributed by atoms with E-state index in [1.165, 1.54) is 0 Å². The Balaban J connectivity index is 1.67. The fraction of sp³-hybridized carbons (Fsp3) is 0.421. The molecule has 3 rings (SSSR count). The van der Waals surface area contributed by atoms with Gasteiger partial charge in [-0.15, -0.1) is 11.3 Å². The molecule has 0 spiro atoms. The molecule has 25 heavy (non-hydrogen) atoms. The lowest BCUT2D eigenvalue weighted by molar-refractivity contribution is -0.140. The van der Waals surface area contributed by atoms with Crippen molar-refractivity contribution >= 4 is 28.8 Å². The van der Waals surface area contributed by atoms with Gasteiger partial charge in [-0.1, -0.05) is 23.7 Å². The van der Waals surface area contributed by atoms with E-state index >= 15 is 0 Å². The van der Waals surface area contributed by atoms with E-state index in [2.05, 4.69) is 0 Å². The fourth-order valence-corrected chi connectivity index (χ4v) is 3.81. The maximum atomic E-state index is 13.0. The van der Waals surface area contributed by atoms with Crippen LogP contribution in [0.3, 0.4) is 0 Å². The number of thiophene rings is 1. The second kappa shape index (κ2) is 8.70. The summed E-state index contributed by atoms with van der Waals surface area (Å²) < 4.78 is 11.5. The predicted octanol–water partition coefficient (Wildman–Crippen LogP) is 4.38. The van der Waals surface area contributed by atoms with Crippen LogP contribution in [-0.4, -0.2) is 36.2 Å². The maximum Gasteiger partial charge on any atom is 0.263 e. The zero-order chi connectivity index (χ0) is 17.6. The summed E-state index contributed by atoms with van der Waals surface area (Å²) in [7, 11) is 0. The summed E-state index contributed by atoms with van der Waals surface area (Å²) in [5, 5.41) is 2.61. The largest absolute Gasteiger partial charge is 0.481 e. The fourth-order valence-electron chi connectivity index (χ4n) is 2.91. The van der Waals surface area contributed by atoms with Crippen molar-refractivity contribution in [3.8, 4) is 5.75 Å². The van der Waals surface area contributed by atoms with Crippen LogP contribution in [0.2, 0.25) is 5.02 Å². The summed E-state index contributed by atoms with van der Waals surface area (Å²) in [4.78, 5) is 16.0. The van der Waals surface area contributed by atoms with Crippen LogP contribution in [0.5, 0.6) is 5.75 Å². The number of hydrogen-bond acceptors (Lipinski definition) is 4. The molecule has 0 saturated carbocycles. The van der Waals surface area contributed by atoms with Crippen molar-refractivity contribution in [2.45, 2.75) is 38.5 Å². The maximum absolute atomic E-state index is 13.0. The topological polar surface area (TPSA) is 38.8 Å². The van der Waals surface area contributed by atoms with Crippen LogP contribution in [0.1, 0.15) is 24.6 Å². The first-order valence-electron chi connectivity index (χ1n) is 8.47. The SMILES string of the molecule is CC(Oc1cccc(Cl)c1)C(=O)N(Cc1cccs1)CC1CCCO1. The highest BCUT2D eigenvalue weighted by atomic mass is 35.5. The van der Waals surface area contributed by atoms with E-state index in [4.69, 9.17) is 21.1 Å². The molecule has 1 aliphatic heterocycles. The third kappa shape index (κ3) is 5.21. The van der Waals surface area contributed by atoms with Crippen LogP contribution in [0.25, 0.3) is 0 Å². The van der Waals surface area contributed by atoms with Crippen LogP contribution in [0, 0.1) is 0 Å². The van der Waals surface area contributed by atoms with Crippen LogP contribution in [-0.2, 0) is 16.1 Å². The minimum absolute atomic E-state index is 0.0381. The summed E-state index contributed by atoms with van der Waals surface area (Å²) in [5.41, 5.74) is 0. The van der Waals surface area contributed by atoms with Gasteiger partial charge < -0.3 is 14.4 Å². The molecule has 1 aromatic heterocycles. The molecule has 134 valence electrons. The Bertz CT molecular complexity index is 686. The number of benzene rings is 1. The number of hydrogen-bond donors (Lipinski definition) is 0. The van der Waals surface area contributed by atoms with Crippen LogP contribution in [0.15, 0.2) is 41.8 Å². The Hall–Kier alpha value is -1.56. The molecule has 4 nitrogen and oxygen atoms in total. The highest BCUT2D eigenvalue weighted by molar-refractivity contribution is 7.09. The quantitative estimate of drug-likeness (QED) is 0.716. The monoisotopic (exact) mass is 379 g/mol. The molecule has 2 heterocycles. The number of carbonyl (C=O) groups excluding carboxylic acids is 1. The number of rotatable bonds is 7. The van der Waals surface area contributed by atoms with Crippen molar-refractivity contribution in [1.82, 2.24) is 4.90 Å². The van der Waals surface area contributed by atoms with Gasteiger partial charge in [-0.05, 0) is 49.4 Å². The van der Waals surface area contributed by atoms with Crippen molar-refractivity contribution in [3.63, 3.8) is 0 Å². The van der Waals surface area contributed by atoms with Crippen LogP contribution >= 0.6 is 22.9 Å². The molecule has 1 aromatic carbocycles. The zero-order valence-electron chi connectivity index (χ0n) is 14.2. The second-order valence-corrected chi connectivity index (χ2v) is 7.62. The van der Waals surface area contributed by atoms with Gasteiger partial charge in [0.25, 0.3) is 5.91 Å².